The van der Waals surface area contributed by atoms with Crippen molar-refractivity contribution in [3.63, 3.8) is 0 Å². The minimum absolute atomic E-state index is 0.349. The average Bonchev–Trinajstić information content (AvgIpc) is 2.73. The Hall–Kier alpha value is -3.67. The lowest BCUT2D eigenvalue weighted by molar-refractivity contribution is -0.254. The van der Waals surface area contributed by atoms with Gasteiger partial charge in [0, 0.05) is 27.7 Å². The third-order valence-electron chi connectivity index (χ3n) is 4.70. The van der Waals surface area contributed by atoms with Crippen LogP contribution in [0.2, 0.25) is 0 Å². The maximum atomic E-state index is 11.9. The fourth-order valence-corrected chi connectivity index (χ4v) is 3.56. The van der Waals surface area contributed by atoms with Crippen LogP contribution in [0.1, 0.15) is 44.9 Å². The summed E-state index contributed by atoms with van der Waals surface area (Å²) in [5, 5.41) is 8.89. The highest BCUT2D eigenvalue weighted by molar-refractivity contribution is 5.69. The van der Waals surface area contributed by atoms with E-state index in [-0.39, 0.29) is 13.2 Å². The zero-order valence-electron chi connectivity index (χ0n) is 19.0. The van der Waals surface area contributed by atoms with Crippen LogP contribution in [0.3, 0.4) is 0 Å². The fourth-order valence-electron chi connectivity index (χ4n) is 3.56. The smallest absolute Gasteiger partial charge is 0.463 e. The first-order valence-electron chi connectivity index (χ1n) is 10.2. The SMILES string of the molecule is CC(=O)OC[C@H]1O[C@H](c2ccccc2COC(=O)O)[C@H](OC(C)=O)[C@@H](OC(C)=O)[C@H]1OC(C)=O. The summed E-state index contributed by atoms with van der Waals surface area (Å²) in [7, 11) is 0. The van der Waals surface area contributed by atoms with Crippen LogP contribution in [0, 0.1) is 0 Å². The summed E-state index contributed by atoms with van der Waals surface area (Å²) < 4.78 is 32.0. The maximum absolute atomic E-state index is 11.9. The molecule has 1 aliphatic heterocycles. The summed E-state index contributed by atoms with van der Waals surface area (Å²) in [5.41, 5.74) is 0.743. The van der Waals surface area contributed by atoms with E-state index in [4.69, 9.17) is 28.8 Å². The summed E-state index contributed by atoms with van der Waals surface area (Å²) in [5.74, 6) is -2.87. The molecule has 0 saturated carbocycles. The van der Waals surface area contributed by atoms with Gasteiger partial charge in [-0.05, 0) is 11.1 Å². The number of hydrogen-bond acceptors (Lipinski definition) is 11. The first-order chi connectivity index (χ1) is 16.0. The Balaban J connectivity index is 2.59. The van der Waals surface area contributed by atoms with Crippen molar-refractivity contribution in [1.82, 2.24) is 0 Å². The Morgan fingerprint density at radius 3 is 1.91 bits per heavy atom. The van der Waals surface area contributed by atoms with E-state index < -0.39 is 60.6 Å². The lowest BCUT2D eigenvalue weighted by atomic mass is 9.88. The minimum atomic E-state index is -1.50. The molecule has 0 spiro atoms. The average molecular weight is 482 g/mol. The lowest BCUT2D eigenvalue weighted by Gasteiger charge is -2.45. The van der Waals surface area contributed by atoms with E-state index in [1.165, 1.54) is 6.92 Å². The molecule has 1 N–H and O–H groups in total. The van der Waals surface area contributed by atoms with Crippen LogP contribution in [-0.2, 0) is 54.2 Å². The van der Waals surface area contributed by atoms with E-state index in [1.54, 1.807) is 24.3 Å². The molecule has 0 aromatic heterocycles. The van der Waals surface area contributed by atoms with Gasteiger partial charge in [-0.15, -0.1) is 0 Å². The van der Waals surface area contributed by atoms with Crippen molar-refractivity contribution in [1.29, 1.82) is 0 Å². The molecule has 34 heavy (non-hydrogen) atoms. The van der Waals surface area contributed by atoms with Crippen LogP contribution < -0.4 is 0 Å². The van der Waals surface area contributed by atoms with Gasteiger partial charge in [-0.2, -0.15) is 0 Å². The third-order valence-corrected chi connectivity index (χ3v) is 4.70. The quantitative estimate of drug-likeness (QED) is 0.422. The molecule has 1 aromatic rings. The molecule has 2 rings (SSSR count). The van der Waals surface area contributed by atoms with Crippen LogP contribution in [-0.4, -0.2) is 66.2 Å². The molecule has 1 aliphatic rings. The van der Waals surface area contributed by atoms with Gasteiger partial charge in [0.05, 0.1) is 0 Å². The van der Waals surface area contributed by atoms with E-state index in [0.717, 1.165) is 20.8 Å². The first-order valence-corrected chi connectivity index (χ1v) is 10.2. The van der Waals surface area contributed by atoms with E-state index in [9.17, 15) is 24.0 Å². The maximum Gasteiger partial charge on any atom is 0.506 e. The monoisotopic (exact) mass is 482 g/mol. The molecular formula is C22H26O12. The standard InChI is InChI=1S/C22H26O12/c1-11(23)29-10-17-19(31-12(2)24)21(33-14(4)26)20(32-13(3)25)18(34-17)16-8-6-5-7-15(16)9-30-22(27)28/h5-8,17-21H,9-10H2,1-4H3,(H,27,28)/t17-,18-,19+,20+,21+/m1/s1. The minimum Gasteiger partial charge on any atom is -0.463 e. The Morgan fingerprint density at radius 1 is 0.794 bits per heavy atom. The molecule has 186 valence electrons. The van der Waals surface area contributed by atoms with Crippen LogP contribution >= 0.6 is 0 Å². The molecule has 0 bridgehead atoms. The topological polar surface area (TPSA) is 161 Å². The molecule has 5 atom stereocenters. The molecular weight excluding hydrogens is 456 g/mol. The normalized spacial score (nSPS) is 23.8. The van der Waals surface area contributed by atoms with E-state index in [2.05, 4.69) is 4.74 Å². The summed E-state index contributed by atoms with van der Waals surface area (Å²) in [6.45, 7) is 3.83. The molecule has 1 saturated heterocycles. The number of benzene rings is 1. The highest BCUT2D eigenvalue weighted by Gasteiger charge is 2.52. The molecule has 1 fully saturated rings. The Kier molecular flexibility index (Phi) is 9.36. The van der Waals surface area contributed by atoms with E-state index >= 15 is 0 Å². The number of esters is 4. The summed E-state index contributed by atoms with van der Waals surface area (Å²) in [6, 6.07) is 6.43. The van der Waals surface area contributed by atoms with Crippen molar-refractivity contribution >= 4 is 30.0 Å². The Bertz CT molecular complexity index is 926. The number of ether oxygens (including phenoxy) is 6. The number of carboxylic acid groups (broad SMARTS) is 1. The third kappa shape index (κ3) is 7.44. The number of carbonyl (C=O) groups is 5. The molecule has 1 heterocycles. The fraction of sp³-hybridized carbons (Fsp3) is 0.500. The second-order valence-electron chi connectivity index (χ2n) is 7.37. The summed E-state index contributed by atoms with van der Waals surface area (Å²) in [6.07, 6.45) is -7.68. The highest BCUT2D eigenvalue weighted by Crippen LogP contribution is 2.39. The van der Waals surface area contributed by atoms with Gasteiger partial charge in [-0.1, -0.05) is 24.3 Å². The van der Waals surface area contributed by atoms with Crippen molar-refractivity contribution in [3.8, 4) is 0 Å². The molecule has 0 unspecified atom stereocenters. The van der Waals surface area contributed by atoms with Crippen molar-refractivity contribution < 1.29 is 57.5 Å². The Morgan fingerprint density at radius 2 is 1.35 bits per heavy atom. The lowest BCUT2D eigenvalue weighted by Crippen LogP contribution is -2.59. The van der Waals surface area contributed by atoms with Crippen molar-refractivity contribution in [2.24, 2.45) is 0 Å². The number of carbonyl (C=O) groups excluding carboxylic acids is 4. The van der Waals surface area contributed by atoms with Crippen LogP contribution in [0.25, 0.3) is 0 Å². The number of rotatable bonds is 8. The zero-order chi connectivity index (χ0) is 25.4. The molecule has 12 nitrogen and oxygen atoms in total. The molecule has 0 amide bonds. The van der Waals surface area contributed by atoms with Gasteiger partial charge in [0.15, 0.2) is 18.3 Å². The van der Waals surface area contributed by atoms with Crippen LogP contribution in [0.15, 0.2) is 24.3 Å². The van der Waals surface area contributed by atoms with Crippen LogP contribution in [0.4, 0.5) is 4.79 Å². The Labute approximate surface area is 195 Å². The van der Waals surface area contributed by atoms with Gasteiger partial charge in [-0.3, -0.25) is 19.2 Å². The summed E-state index contributed by atoms with van der Waals surface area (Å²) >= 11 is 0. The zero-order valence-corrected chi connectivity index (χ0v) is 19.0. The van der Waals surface area contributed by atoms with E-state index in [1.807, 2.05) is 0 Å². The van der Waals surface area contributed by atoms with Gasteiger partial charge in [-0.25, -0.2) is 4.79 Å². The number of hydrogen-bond donors (Lipinski definition) is 1. The molecule has 12 heteroatoms. The summed E-state index contributed by atoms with van der Waals surface area (Å²) in [4.78, 5) is 58.0. The van der Waals surface area contributed by atoms with Gasteiger partial charge < -0.3 is 33.5 Å². The highest BCUT2D eigenvalue weighted by atomic mass is 16.7. The van der Waals surface area contributed by atoms with Crippen molar-refractivity contribution in [2.75, 3.05) is 6.61 Å². The van der Waals surface area contributed by atoms with Gasteiger partial charge in [0.2, 0.25) is 0 Å². The van der Waals surface area contributed by atoms with Crippen molar-refractivity contribution in [3.05, 3.63) is 35.4 Å². The molecule has 1 aromatic carbocycles. The largest absolute Gasteiger partial charge is 0.506 e. The molecule has 0 radical (unpaired) electrons. The second-order valence-corrected chi connectivity index (χ2v) is 7.37. The van der Waals surface area contributed by atoms with Crippen LogP contribution in [0.5, 0.6) is 0 Å². The van der Waals surface area contributed by atoms with Gasteiger partial charge in [0.25, 0.3) is 0 Å². The predicted molar refractivity (Wildman–Crippen MR) is 110 cm³/mol. The van der Waals surface area contributed by atoms with Gasteiger partial charge in [0.1, 0.15) is 25.4 Å². The predicted octanol–water partition coefficient (Wildman–Crippen LogP) is 1.68. The van der Waals surface area contributed by atoms with Crippen molar-refractivity contribution in [2.45, 2.75) is 64.8 Å². The van der Waals surface area contributed by atoms with Gasteiger partial charge >= 0.3 is 30.0 Å². The second kappa shape index (κ2) is 12.0. The first kappa shape index (κ1) is 26.6. The van der Waals surface area contributed by atoms with E-state index in [0.29, 0.717) is 11.1 Å². The molecule has 0 aliphatic carbocycles.